The molecule has 5 nitrogen and oxygen atoms in total. The number of hydrogen-bond donors (Lipinski definition) is 1. The highest BCUT2D eigenvalue weighted by Crippen LogP contribution is 2.23. The van der Waals surface area contributed by atoms with Gasteiger partial charge in [0.2, 0.25) is 0 Å². The fourth-order valence-electron chi connectivity index (χ4n) is 3.64. The Balaban J connectivity index is 1.76. The van der Waals surface area contributed by atoms with Gasteiger partial charge in [0, 0.05) is 29.9 Å². The second-order valence-electron chi connectivity index (χ2n) is 7.12. The fraction of sp³-hybridized carbons (Fsp3) is 0.174. The predicted molar refractivity (Wildman–Crippen MR) is 107 cm³/mol. The Morgan fingerprint density at radius 3 is 2.47 bits per heavy atom. The van der Waals surface area contributed by atoms with E-state index in [1.54, 1.807) is 6.07 Å². The number of aromatic nitrogens is 1. The Labute approximate surface area is 171 Å². The van der Waals surface area contributed by atoms with Gasteiger partial charge in [-0.25, -0.2) is 8.78 Å². The van der Waals surface area contributed by atoms with Gasteiger partial charge in [-0.2, -0.15) is 0 Å². The molecular weight excluding hydrogens is 390 g/mol. The van der Waals surface area contributed by atoms with Crippen molar-refractivity contribution in [1.82, 2.24) is 9.88 Å². The maximum atomic E-state index is 13.4. The lowest BCUT2D eigenvalue weighted by molar-refractivity contribution is 0.0949. The number of Topliss-reactive ketones (excluding diaryl/α,β-unsaturated/α-hetero) is 1. The van der Waals surface area contributed by atoms with Crippen LogP contribution in [0.15, 0.2) is 59.4 Å². The summed E-state index contributed by atoms with van der Waals surface area (Å²) < 4.78 is 28.0. The van der Waals surface area contributed by atoms with Crippen molar-refractivity contribution in [3.63, 3.8) is 0 Å². The first kappa shape index (κ1) is 19.7. The van der Waals surface area contributed by atoms with Crippen LogP contribution in [0.4, 0.5) is 8.78 Å². The molecule has 1 heterocycles. The van der Waals surface area contributed by atoms with Gasteiger partial charge in [-0.1, -0.05) is 12.1 Å². The summed E-state index contributed by atoms with van der Waals surface area (Å²) in [6.45, 7) is 0.0254. The molecule has 152 valence electrons. The van der Waals surface area contributed by atoms with Gasteiger partial charge in [-0.05, 0) is 60.9 Å². The number of ketones is 1. The standard InChI is InChI=1S/C23H18F2N2O3/c24-15-7-9-17(10-8-15)27-20-5-2-6-21(28)18(20)12-19(23(27)30)22(29)26-13-14-3-1-4-16(25)11-14/h1,3-4,7-12H,2,5-6,13H2,(H,26,29). The highest BCUT2D eigenvalue weighted by atomic mass is 19.1. The van der Waals surface area contributed by atoms with E-state index >= 15 is 0 Å². The van der Waals surface area contributed by atoms with Gasteiger partial charge in [0.05, 0.1) is 0 Å². The summed E-state index contributed by atoms with van der Waals surface area (Å²) in [7, 11) is 0. The van der Waals surface area contributed by atoms with E-state index in [-0.39, 0.29) is 17.9 Å². The van der Waals surface area contributed by atoms with Crippen molar-refractivity contribution in [3.05, 3.63) is 99.0 Å². The molecule has 30 heavy (non-hydrogen) atoms. The second-order valence-corrected chi connectivity index (χ2v) is 7.12. The number of carbonyl (C=O) groups is 2. The molecule has 0 saturated carbocycles. The maximum absolute atomic E-state index is 13.4. The number of hydrogen-bond acceptors (Lipinski definition) is 3. The van der Waals surface area contributed by atoms with Crippen molar-refractivity contribution >= 4 is 11.7 Å². The molecule has 3 aromatic rings. The van der Waals surface area contributed by atoms with E-state index in [1.165, 1.54) is 53.1 Å². The normalized spacial score (nSPS) is 13.1. The quantitative estimate of drug-likeness (QED) is 0.718. The summed E-state index contributed by atoms with van der Waals surface area (Å²) in [5, 5.41) is 2.60. The number of nitrogens with zero attached hydrogens (tertiary/aromatic N) is 1. The van der Waals surface area contributed by atoms with Gasteiger partial charge in [0.1, 0.15) is 17.2 Å². The number of halogens is 2. The fourth-order valence-corrected chi connectivity index (χ4v) is 3.64. The van der Waals surface area contributed by atoms with Crippen molar-refractivity contribution in [2.75, 3.05) is 0 Å². The molecule has 0 bridgehead atoms. The Morgan fingerprint density at radius 2 is 1.73 bits per heavy atom. The van der Waals surface area contributed by atoms with E-state index in [4.69, 9.17) is 0 Å². The van der Waals surface area contributed by atoms with Gasteiger partial charge < -0.3 is 5.32 Å². The van der Waals surface area contributed by atoms with Crippen molar-refractivity contribution in [1.29, 1.82) is 0 Å². The van der Waals surface area contributed by atoms with Crippen molar-refractivity contribution in [3.8, 4) is 5.69 Å². The molecule has 1 aliphatic rings. The van der Waals surface area contributed by atoms with Gasteiger partial charge >= 0.3 is 0 Å². The van der Waals surface area contributed by atoms with Crippen LogP contribution in [0.5, 0.6) is 0 Å². The molecule has 0 spiro atoms. The first-order valence-electron chi connectivity index (χ1n) is 9.55. The first-order chi connectivity index (χ1) is 14.4. The molecule has 1 aliphatic carbocycles. The van der Waals surface area contributed by atoms with E-state index in [1.807, 2.05) is 0 Å². The monoisotopic (exact) mass is 408 g/mol. The minimum Gasteiger partial charge on any atom is -0.348 e. The molecular formula is C23H18F2N2O3. The lowest BCUT2D eigenvalue weighted by Gasteiger charge is -2.21. The third kappa shape index (κ3) is 3.78. The molecule has 1 amide bonds. The van der Waals surface area contributed by atoms with Crippen molar-refractivity contribution in [2.45, 2.75) is 25.8 Å². The van der Waals surface area contributed by atoms with Crippen molar-refractivity contribution < 1.29 is 18.4 Å². The molecule has 7 heteroatoms. The number of pyridine rings is 1. The number of benzene rings is 2. The highest BCUT2D eigenvalue weighted by Gasteiger charge is 2.26. The van der Waals surface area contributed by atoms with Crippen LogP contribution in [-0.4, -0.2) is 16.3 Å². The lowest BCUT2D eigenvalue weighted by atomic mass is 9.92. The van der Waals surface area contributed by atoms with Crippen molar-refractivity contribution in [2.24, 2.45) is 0 Å². The average Bonchev–Trinajstić information content (AvgIpc) is 2.73. The summed E-state index contributed by atoms with van der Waals surface area (Å²) >= 11 is 0. The topological polar surface area (TPSA) is 68.2 Å². The predicted octanol–water partition coefficient (Wildman–Crippen LogP) is 3.56. The van der Waals surface area contributed by atoms with Crippen LogP contribution in [0.3, 0.4) is 0 Å². The zero-order valence-corrected chi connectivity index (χ0v) is 16.0. The summed E-state index contributed by atoms with van der Waals surface area (Å²) in [5.41, 5.74) is 0.977. The Bertz CT molecular complexity index is 1200. The van der Waals surface area contributed by atoms with Crippen LogP contribution in [-0.2, 0) is 13.0 Å². The van der Waals surface area contributed by atoms with Gasteiger partial charge in [0.25, 0.3) is 11.5 Å². The third-order valence-corrected chi connectivity index (χ3v) is 5.09. The van der Waals surface area contributed by atoms with E-state index < -0.39 is 23.1 Å². The Morgan fingerprint density at radius 1 is 0.967 bits per heavy atom. The van der Waals surface area contributed by atoms with E-state index in [0.717, 1.165) is 0 Å². The van der Waals surface area contributed by atoms with E-state index in [0.29, 0.717) is 41.8 Å². The number of amides is 1. The van der Waals surface area contributed by atoms with Crippen LogP contribution >= 0.6 is 0 Å². The van der Waals surface area contributed by atoms with E-state index in [9.17, 15) is 23.2 Å². The molecule has 0 fully saturated rings. The number of carbonyl (C=O) groups excluding carboxylic acids is 2. The van der Waals surface area contributed by atoms with Crippen LogP contribution in [0.1, 0.15) is 44.8 Å². The zero-order chi connectivity index (χ0) is 21.3. The summed E-state index contributed by atoms with van der Waals surface area (Å²) in [6, 6.07) is 12.4. The van der Waals surface area contributed by atoms with E-state index in [2.05, 4.69) is 5.32 Å². The molecule has 0 atom stereocenters. The third-order valence-electron chi connectivity index (χ3n) is 5.09. The minimum atomic E-state index is -0.665. The molecule has 4 rings (SSSR count). The molecule has 0 radical (unpaired) electrons. The molecule has 0 unspecified atom stereocenters. The molecule has 2 aromatic carbocycles. The minimum absolute atomic E-state index is 0.0254. The average molecular weight is 408 g/mol. The molecule has 1 N–H and O–H groups in total. The lowest BCUT2D eigenvalue weighted by Crippen LogP contribution is -2.36. The molecule has 0 saturated heterocycles. The van der Waals surface area contributed by atoms with Crippen LogP contribution in [0.2, 0.25) is 0 Å². The summed E-state index contributed by atoms with van der Waals surface area (Å²) in [5.74, 6) is -1.70. The number of fused-ring (bicyclic) bond motifs is 1. The van der Waals surface area contributed by atoms with Crippen LogP contribution < -0.4 is 10.9 Å². The molecule has 1 aromatic heterocycles. The summed E-state index contributed by atoms with van der Waals surface area (Å²) in [4.78, 5) is 38.4. The number of nitrogens with one attached hydrogen (secondary N) is 1. The summed E-state index contributed by atoms with van der Waals surface area (Å²) in [6.07, 6.45) is 1.43. The Kier molecular flexibility index (Phi) is 5.27. The zero-order valence-electron chi connectivity index (χ0n) is 16.0. The SMILES string of the molecule is O=C1CCCc2c1cc(C(=O)NCc1cccc(F)c1)c(=O)n2-c1ccc(F)cc1. The largest absolute Gasteiger partial charge is 0.348 e. The van der Waals surface area contributed by atoms with Gasteiger partial charge in [0.15, 0.2) is 5.78 Å². The van der Waals surface area contributed by atoms with Crippen LogP contribution in [0.25, 0.3) is 5.69 Å². The maximum Gasteiger partial charge on any atom is 0.268 e. The Hall–Kier alpha value is -3.61. The second kappa shape index (κ2) is 8.02. The molecule has 0 aliphatic heterocycles. The van der Waals surface area contributed by atoms with Crippen LogP contribution in [0, 0.1) is 11.6 Å². The smallest absolute Gasteiger partial charge is 0.268 e. The number of rotatable bonds is 4. The van der Waals surface area contributed by atoms with Gasteiger partial charge in [-0.15, -0.1) is 0 Å². The first-order valence-corrected chi connectivity index (χ1v) is 9.55. The highest BCUT2D eigenvalue weighted by molar-refractivity contribution is 6.01. The van der Waals surface area contributed by atoms with Gasteiger partial charge in [-0.3, -0.25) is 19.0 Å².